The van der Waals surface area contributed by atoms with Gasteiger partial charge in [-0.05, 0) is 25.3 Å². The van der Waals surface area contributed by atoms with Gasteiger partial charge >= 0.3 is 0 Å². The summed E-state index contributed by atoms with van der Waals surface area (Å²) < 4.78 is 0. The Balaban J connectivity index is 2.13. The van der Waals surface area contributed by atoms with Crippen molar-refractivity contribution in [3.63, 3.8) is 0 Å². The molecular weight excluding hydrogens is 206 g/mol. The Morgan fingerprint density at radius 1 is 1.62 bits per heavy atom. The fourth-order valence-corrected chi connectivity index (χ4v) is 1.81. The van der Waals surface area contributed by atoms with E-state index in [9.17, 15) is 9.59 Å². The van der Waals surface area contributed by atoms with Gasteiger partial charge in [-0.15, -0.1) is 0 Å². The summed E-state index contributed by atoms with van der Waals surface area (Å²) >= 11 is 0. The van der Waals surface area contributed by atoms with Gasteiger partial charge in [-0.3, -0.25) is 9.59 Å². The molecule has 0 spiro atoms. The first-order valence-corrected chi connectivity index (χ1v) is 5.88. The molecule has 0 aromatic heterocycles. The van der Waals surface area contributed by atoms with Crippen LogP contribution in [0.25, 0.3) is 0 Å². The lowest BCUT2D eigenvalue weighted by Crippen LogP contribution is -2.36. The fraction of sp³-hybridized carbons (Fsp3) is 0.818. The molecule has 5 heteroatoms. The van der Waals surface area contributed by atoms with Crippen molar-refractivity contribution < 1.29 is 9.59 Å². The van der Waals surface area contributed by atoms with Crippen molar-refractivity contribution in [3.8, 4) is 0 Å². The molecule has 1 aliphatic heterocycles. The molecule has 5 nitrogen and oxygen atoms in total. The third kappa shape index (κ3) is 4.61. The van der Waals surface area contributed by atoms with Gasteiger partial charge in [-0.1, -0.05) is 6.92 Å². The highest BCUT2D eigenvalue weighted by Gasteiger charge is 2.22. The molecule has 1 aliphatic rings. The van der Waals surface area contributed by atoms with Crippen LogP contribution in [0.1, 0.15) is 32.6 Å². The first kappa shape index (κ1) is 13.0. The summed E-state index contributed by atoms with van der Waals surface area (Å²) in [6, 6.07) is -0.0233. The third-order valence-electron chi connectivity index (χ3n) is 2.87. The largest absolute Gasteiger partial charge is 0.354 e. The predicted octanol–water partition coefficient (Wildman–Crippen LogP) is -0.244. The van der Waals surface area contributed by atoms with Crippen LogP contribution in [0.15, 0.2) is 0 Å². The molecule has 0 aromatic carbocycles. The van der Waals surface area contributed by atoms with Crippen LogP contribution in [0, 0.1) is 5.92 Å². The Kier molecular flexibility index (Phi) is 5.25. The average Bonchev–Trinajstić information content (AvgIpc) is 2.61. The van der Waals surface area contributed by atoms with E-state index in [0.29, 0.717) is 31.8 Å². The average molecular weight is 227 g/mol. The SMILES string of the molecule is CC(CCN)CCC(=O)NC1CNC(=O)C1. The molecule has 0 aromatic rings. The molecule has 4 N–H and O–H groups in total. The number of nitrogens with one attached hydrogen (secondary N) is 2. The van der Waals surface area contributed by atoms with E-state index in [4.69, 9.17) is 5.73 Å². The maximum Gasteiger partial charge on any atom is 0.222 e. The van der Waals surface area contributed by atoms with E-state index in [1.54, 1.807) is 0 Å². The van der Waals surface area contributed by atoms with Gasteiger partial charge in [0, 0.05) is 19.4 Å². The first-order chi connectivity index (χ1) is 7.61. The summed E-state index contributed by atoms with van der Waals surface area (Å²) in [6.07, 6.45) is 2.74. The minimum absolute atomic E-state index is 0.0156. The summed E-state index contributed by atoms with van der Waals surface area (Å²) in [5, 5.41) is 5.54. The van der Waals surface area contributed by atoms with Crippen molar-refractivity contribution in [2.75, 3.05) is 13.1 Å². The molecule has 2 atom stereocenters. The minimum atomic E-state index is -0.0233. The van der Waals surface area contributed by atoms with Gasteiger partial charge in [0.1, 0.15) is 0 Å². The second kappa shape index (κ2) is 6.48. The van der Waals surface area contributed by atoms with Gasteiger partial charge in [-0.2, -0.15) is 0 Å². The number of hydrogen-bond acceptors (Lipinski definition) is 3. The molecule has 1 rings (SSSR count). The zero-order valence-electron chi connectivity index (χ0n) is 9.79. The Labute approximate surface area is 96.1 Å². The zero-order valence-corrected chi connectivity index (χ0v) is 9.79. The quantitative estimate of drug-likeness (QED) is 0.585. The Morgan fingerprint density at radius 3 is 2.94 bits per heavy atom. The Morgan fingerprint density at radius 2 is 2.38 bits per heavy atom. The van der Waals surface area contributed by atoms with Crippen LogP contribution in [0.3, 0.4) is 0 Å². The number of nitrogens with two attached hydrogens (primary N) is 1. The monoisotopic (exact) mass is 227 g/mol. The van der Waals surface area contributed by atoms with Crippen LogP contribution in [-0.4, -0.2) is 30.9 Å². The lowest BCUT2D eigenvalue weighted by molar-refractivity contribution is -0.122. The van der Waals surface area contributed by atoms with Crippen molar-refractivity contribution in [3.05, 3.63) is 0 Å². The molecule has 0 saturated carbocycles. The van der Waals surface area contributed by atoms with Crippen molar-refractivity contribution >= 4 is 11.8 Å². The van der Waals surface area contributed by atoms with Crippen LogP contribution >= 0.6 is 0 Å². The van der Waals surface area contributed by atoms with Gasteiger partial charge < -0.3 is 16.4 Å². The highest BCUT2D eigenvalue weighted by atomic mass is 16.2. The number of amides is 2. The number of hydrogen-bond donors (Lipinski definition) is 3. The van der Waals surface area contributed by atoms with E-state index in [2.05, 4.69) is 17.6 Å². The Bertz CT molecular complexity index is 256. The van der Waals surface area contributed by atoms with Crippen molar-refractivity contribution in [1.29, 1.82) is 0 Å². The molecule has 92 valence electrons. The molecule has 1 saturated heterocycles. The second-order valence-electron chi connectivity index (χ2n) is 4.49. The predicted molar refractivity (Wildman–Crippen MR) is 61.6 cm³/mol. The van der Waals surface area contributed by atoms with E-state index in [1.165, 1.54) is 0 Å². The molecule has 1 heterocycles. The van der Waals surface area contributed by atoms with E-state index >= 15 is 0 Å². The molecule has 2 unspecified atom stereocenters. The summed E-state index contributed by atoms with van der Waals surface area (Å²) in [5.74, 6) is 0.534. The fourth-order valence-electron chi connectivity index (χ4n) is 1.81. The van der Waals surface area contributed by atoms with E-state index < -0.39 is 0 Å². The summed E-state index contributed by atoms with van der Waals surface area (Å²) in [4.78, 5) is 22.4. The molecule has 16 heavy (non-hydrogen) atoms. The Hall–Kier alpha value is -1.10. The van der Waals surface area contributed by atoms with E-state index in [-0.39, 0.29) is 17.9 Å². The zero-order chi connectivity index (χ0) is 12.0. The number of rotatable bonds is 6. The van der Waals surface area contributed by atoms with Crippen LogP contribution < -0.4 is 16.4 Å². The highest BCUT2D eigenvalue weighted by molar-refractivity contribution is 5.81. The summed E-state index contributed by atoms with van der Waals surface area (Å²) in [5.41, 5.74) is 5.44. The van der Waals surface area contributed by atoms with Crippen LogP contribution in [0.2, 0.25) is 0 Å². The van der Waals surface area contributed by atoms with Crippen LogP contribution in [0.5, 0.6) is 0 Å². The van der Waals surface area contributed by atoms with Crippen LogP contribution in [-0.2, 0) is 9.59 Å². The van der Waals surface area contributed by atoms with Crippen LogP contribution in [0.4, 0.5) is 0 Å². The topological polar surface area (TPSA) is 84.2 Å². The number of carbonyl (C=O) groups is 2. The molecule has 1 fully saturated rings. The summed E-state index contributed by atoms with van der Waals surface area (Å²) in [7, 11) is 0. The van der Waals surface area contributed by atoms with Gasteiger partial charge in [0.25, 0.3) is 0 Å². The van der Waals surface area contributed by atoms with Crippen molar-refractivity contribution in [1.82, 2.24) is 10.6 Å². The lowest BCUT2D eigenvalue weighted by atomic mass is 10.0. The van der Waals surface area contributed by atoms with Crippen molar-refractivity contribution in [2.24, 2.45) is 11.7 Å². The van der Waals surface area contributed by atoms with E-state index in [1.807, 2.05) is 0 Å². The van der Waals surface area contributed by atoms with Gasteiger partial charge in [0.2, 0.25) is 11.8 Å². The van der Waals surface area contributed by atoms with Gasteiger partial charge in [0.05, 0.1) is 6.04 Å². The molecule has 0 aliphatic carbocycles. The molecular formula is C11H21N3O2. The maximum atomic E-state index is 11.5. The van der Waals surface area contributed by atoms with Crippen molar-refractivity contribution in [2.45, 2.75) is 38.6 Å². The normalized spacial score (nSPS) is 21.6. The molecule has 2 amide bonds. The highest BCUT2D eigenvalue weighted by Crippen LogP contribution is 2.09. The third-order valence-corrected chi connectivity index (χ3v) is 2.87. The molecule has 0 bridgehead atoms. The standard InChI is InChI=1S/C11H21N3O2/c1-8(4-5-12)2-3-10(15)14-9-6-11(16)13-7-9/h8-9H,2-7,12H2,1H3,(H,13,16)(H,14,15). The second-order valence-corrected chi connectivity index (χ2v) is 4.49. The number of carbonyl (C=O) groups excluding carboxylic acids is 2. The lowest BCUT2D eigenvalue weighted by Gasteiger charge is -2.12. The van der Waals surface area contributed by atoms with Gasteiger partial charge in [-0.25, -0.2) is 0 Å². The van der Waals surface area contributed by atoms with Gasteiger partial charge in [0.15, 0.2) is 0 Å². The van der Waals surface area contributed by atoms with E-state index in [0.717, 1.165) is 12.8 Å². The minimum Gasteiger partial charge on any atom is -0.354 e. The molecule has 0 radical (unpaired) electrons. The summed E-state index contributed by atoms with van der Waals surface area (Å²) in [6.45, 7) is 3.33. The first-order valence-electron chi connectivity index (χ1n) is 5.88. The smallest absolute Gasteiger partial charge is 0.222 e. The maximum absolute atomic E-state index is 11.5.